The number of nitrogens with zero attached hydrogens (tertiary/aromatic N) is 2. The molecule has 0 spiro atoms. The lowest BCUT2D eigenvalue weighted by molar-refractivity contribution is -0.129. The van der Waals surface area contributed by atoms with Crippen molar-refractivity contribution in [2.24, 2.45) is 5.92 Å². The van der Waals surface area contributed by atoms with Crippen LogP contribution in [0.3, 0.4) is 0 Å². The van der Waals surface area contributed by atoms with E-state index in [0.717, 1.165) is 16.0 Å². The third-order valence-electron chi connectivity index (χ3n) is 6.90. The molecule has 3 aromatic carbocycles. The minimum absolute atomic E-state index is 0.0364. The number of amides is 2. The minimum atomic E-state index is -3.96. The van der Waals surface area contributed by atoms with Gasteiger partial charge in [0.05, 0.1) is 29.3 Å². The molecule has 0 aromatic heterocycles. The second kappa shape index (κ2) is 13.5. The van der Waals surface area contributed by atoms with E-state index in [9.17, 15) is 27.5 Å². The van der Waals surface area contributed by atoms with Crippen molar-refractivity contribution < 1.29 is 32.2 Å². The standard InChI is InChI=1S/C31H36FN3O6S/c1-21(2)18-34(42(39,40)26-14-7-9-22(3)15-26)19-28(36)27(16-23-10-5-4-6-11-23)33-30(37)29-20-35(31(38)41-29)25-13-8-12-24(32)17-25/h4-15,17,21,27-29,36H,16,18-20H2,1-3H3,(H,33,37)/t27-,28+,29-/m0/s1. The van der Waals surface area contributed by atoms with Crippen molar-refractivity contribution in [1.82, 2.24) is 9.62 Å². The topological polar surface area (TPSA) is 116 Å². The van der Waals surface area contributed by atoms with Crippen LogP contribution < -0.4 is 10.2 Å². The highest BCUT2D eigenvalue weighted by molar-refractivity contribution is 7.89. The second-order valence-corrected chi connectivity index (χ2v) is 12.8. The highest BCUT2D eigenvalue weighted by Crippen LogP contribution is 2.24. The van der Waals surface area contributed by atoms with E-state index in [1.807, 2.05) is 44.2 Å². The number of carbonyl (C=O) groups is 2. The fourth-order valence-electron chi connectivity index (χ4n) is 4.82. The molecule has 0 saturated carbocycles. The van der Waals surface area contributed by atoms with Gasteiger partial charge in [0.1, 0.15) is 5.82 Å². The summed E-state index contributed by atoms with van der Waals surface area (Å²) < 4.78 is 47.5. The molecule has 1 aliphatic heterocycles. The monoisotopic (exact) mass is 597 g/mol. The molecule has 3 aromatic rings. The normalized spacial score (nSPS) is 16.9. The Hall–Kier alpha value is -3.80. The molecular formula is C31H36FN3O6S. The number of aliphatic hydroxyl groups is 1. The number of rotatable bonds is 12. The van der Waals surface area contributed by atoms with Crippen molar-refractivity contribution in [1.29, 1.82) is 0 Å². The van der Waals surface area contributed by atoms with Crippen LogP contribution in [0.4, 0.5) is 14.9 Å². The largest absolute Gasteiger partial charge is 0.434 e. The fourth-order valence-corrected chi connectivity index (χ4v) is 6.55. The number of ether oxygens (including phenoxy) is 1. The molecule has 2 N–H and O–H groups in total. The Bertz CT molecular complexity index is 1500. The zero-order chi connectivity index (χ0) is 30.4. The van der Waals surface area contributed by atoms with Crippen molar-refractivity contribution in [2.75, 3.05) is 24.5 Å². The van der Waals surface area contributed by atoms with Crippen LogP contribution in [0.2, 0.25) is 0 Å². The number of nitrogens with one attached hydrogen (secondary N) is 1. The van der Waals surface area contributed by atoms with E-state index in [2.05, 4.69) is 5.32 Å². The third kappa shape index (κ3) is 7.72. The molecule has 4 rings (SSSR count). The summed E-state index contributed by atoms with van der Waals surface area (Å²) in [7, 11) is -3.96. The van der Waals surface area contributed by atoms with Gasteiger partial charge < -0.3 is 15.2 Å². The van der Waals surface area contributed by atoms with Crippen molar-refractivity contribution >= 4 is 27.7 Å². The number of hydrogen-bond donors (Lipinski definition) is 2. The SMILES string of the molecule is Cc1cccc(S(=O)(=O)N(CC(C)C)C[C@@H](O)[C@H](Cc2ccccc2)NC(=O)[C@@H]2CN(c3cccc(F)c3)C(=O)O2)c1. The Balaban J connectivity index is 1.55. The Kier molecular flexibility index (Phi) is 9.97. The summed E-state index contributed by atoms with van der Waals surface area (Å²) in [5.41, 5.74) is 1.85. The Morgan fingerprint density at radius 2 is 1.79 bits per heavy atom. The van der Waals surface area contributed by atoms with Gasteiger partial charge in [0.25, 0.3) is 5.91 Å². The molecule has 1 saturated heterocycles. The number of benzene rings is 3. The molecule has 0 radical (unpaired) electrons. The van der Waals surface area contributed by atoms with Crippen LogP contribution in [0.25, 0.3) is 0 Å². The number of carbonyl (C=O) groups excluding carboxylic acids is 2. The van der Waals surface area contributed by atoms with Gasteiger partial charge in [-0.3, -0.25) is 9.69 Å². The van der Waals surface area contributed by atoms with Gasteiger partial charge in [-0.15, -0.1) is 0 Å². The summed E-state index contributed by atoms with van der Waals surface area (Å²) in [5, 5.41) is 14.2. The fraction of sp³-hybridized carbons (Fsp3) is 0.355. The van der Waals surface area contributed by atoms with Crippen molar-refractivity contribution in [3.05, 3.63) is 95.8 Å². The minimum Gasteiger partial charge on any atom is -0.434 e. The average Bonchev–Trinajstić information content (AvgIpc) is 3.34. The molecule has 1 aliphatic rings. The summed E-state index contributed by atoms with van der Waals surface area (Å²) in [6.07, 6.45) is -3.12. The lowest BCUT2D eigenvalue weighted by atomic mass is 10.0. The van der Waals surface area contributed by atoms with E-state index in [0.29, 0.717) is 0 Å². The Morgan fingerprint density at radius 3 is 2.45 bits per heavy atom. The van der Waals surface area contributed by atoms with E-state index in [1.54, 1.807) is 25.1 Å². The van der Waals surface area contributed by atoms with E-state index < -0.39 is 46.1 Å². The van der Waals surface area contributed by atoms with E-state index in [4.69, 9.17) is 4.74 Å². The predicted octanol–water partition coefficient (Wildman–Crippen LogP) is 3.89. The number of cyclic esters (lactones) is 1. The summed E-state index contributed by atoms with van der Waals surface area (Å²) in [4.78, 5) is 27.1. The summed E-state index contributed by atoms with van der Waals surface area (Å²) >= 11 is 0. The van der Waals surface area contributed by atoms with Gasteiger partial charge in [0.15, 0.2) is 6.10 Å². The zero-order valence-electron chi connectivity index (χ0n) is 23.8. The predicted molar refractivity (Wildman–Crippen MR) is 157 cm³/mol. The third-order valence-corrected chi connectivity index (χ3v) is 8.73. The summed E-state index contributed by atoms with van der Waals surface area (Å²) in [5.74, 6) is -1.23. The average molecular weight is 598 g/mol. The van der Waals surface area contributed by atoms with Gasteiger partial charge in [0, 0.05) is 13.1 Å². The van der Waals surface area contributed by atoms with Crippen molar-refractivity contribution in [3.63, 3.8) is 0 Å². The number of anilines is 1. The first-order chi connectivity index (χ1) is 19.9. The number of hydrogen-bond acceptors (Lipinski definition) is 6. The molecule has 1 fully saturated rings. The maximum absolute atomic E-state index is 13.7. The molecule has 9 nitrogen and oxygen atoms in total. The van der Waals surface area contributed by atoms with Crippen LogP contribution in [0.1, 0.15) is 25.0 Å². The Labute approximate surface area is 246 Å². The smallest absolute Gasteiger partial charge is 0.415 e. The van der Waals surface area contributed by atoms with E-state index >= 15 is 0 Å². The molecule has 0 unspecified atom stereocenters. The molecule has 224 valence electrons. The first-order valence-electron chi connectivity index (χ1n) is 13.8. The molecule has 42 heavy (non-hydrogen) atoms. The molecule has 1 heterocycles. The molecule has 0 aliphatic carbocycles. The van der Waals surface area contributed by atoms with Crippen LogP contribution in [0.15, 0.2) is 83.8 Å². The van der Waals surface area contributed by atoms with Crippen LogP contribution >= 0.6 is 0 Å². The van der Waals surface area contributed by atoms with Crippen LogP contribution in [0, 0.1) is 18.7 Å². The lowest BCUT2D eigenvalue weighted by Gasteiger charge is -2.31. The highest BCUT2D eigenvalue weighted by atomic mass is 32.2. The molecule has 11 heteroatoms. The number of halogens is 1. The summed E-state index contributed by atoms with van der Waals surface area (Å²) in [6, 6.07) is 20.2. The van der Waals surface area contributed by atoms with Gasteiger partial charge in [-0.05, 0) is 60.7 Å². The van der Waals surface area contributed by atoms with Crippen molar-refractivity contribution in [2.45, 2.75) is 50.3 Å². The number of aliphatic hydroxyl groups excluding tert-OH is 1. The van der Waals surface area contributed by atoms with E-state index in [1.165, 1.54) is 34.6 Å². The lowest BCUT2D eigenvalue weighted by Crippen LogP contribution is -2.53. The molecule has 2 amide bonds. The first kappa shape index (κ1) is 31.1. The maximum Gasteiger partial charge on any atom is 0.415 e. The molecule has 3 atom stereocenters. The summed E-state index contributed by atoms with van der Waals surface area (Å²) in [6.45, 7) is 5.30. The maximum atomic E-state index is 13.7. The van der Waals surface area contributed by atoms with E-state index in [-0.39, 0.29) is 42.6 Å². The van der Waals surface area contributed by atoms with Crippen LogP contribution in [-0.4, -0.2) is 67.7 Å². The highest BCUT2D eigenvalue weighted by Gasteiger charge is 2.39. The van der Waals surface area contributed by atoms with Crippen molar-refractivity contribution in [3.8, 4) is 0 Å². The van der Waals surface area contributed by atoms with Gasteiger partial charge >= 0.3 is 6.09 Å². The Morgan fingerprint density at radius 1 is 1.07 bits per heavy atom. The number of aryl methyl sites for hydroxylation is 1. The zero-order valence-corrected chi connectivity index (χ0v) is 24.6. The quantitative estimate of drug-likeness (QED) is 0.327. The van der Waals surface area contributed by atoms with Gasteiger partial charge in [0.2, 0.25) is 10.0 Å². The second-order valence-electron chi connectivity index (χ2n) is 10.9. The first-order valence-corrected chi connectivity index (χ1v) is 15.2. The van der Waals surface area contributed by atoms with Crippen LogP contribution in [-0.2, 0) is 26.0 Å². The molecular weight excluding hydrogens is 561 g/mol. The van der Waals surface area contributed by atoms with Gasteiger partial charge in [-0.2, -0.15) is 4.31 Å². The van der Waals surface area contributed by atoms with Gasteiger partial charge in [-0.1, -0.05) is 62.4 Å². The van der Waals surface area contributed by atoms with Crippen LogP contribution in [0.5, 0.6) is 0 Å². The molecule has 0 bridgehead atoms. The van der Waals surface area contributed by atoms with Gasteiger partial charge in [-0.25, -0.2) is 17.6 Å². The number of sulfonamides is 1.